The van der Waals surface area contributed by atoms with Crippen molar-refractivity contribution in [3.8, 4) is 5.75 Å². The third-order valence-electron chi connectivity index (χ3n) is 4.55. The molecule has 0 saturated heterocycles. The molecule has 0 radical (unpaired) electrons. The van der Waals surface area contributed by atoms with Crippen LogP contribution < -0.4 is 4.74 Å². The van der Waals surface area contributed by atoms with Crippen LogP contribution in [0.25, 0.3) is 10.8 Å². The summed E-state index contributed by atoms with van der Waals surface area (Å²) in [5, 5.41) is 1.72. The number of rotatable bonds is 6. The number of esters is 1. The van der Waals surface area contributed by atoms with Crippen molar-refractivity contribution in [2.75, 3.05) is 0 Å². The van der Waals surface area contributed by atoms with Gasteiger partial charge in [-0.05, 0) is 28.6 Å². The summed E-state index contributed by atoms with van der Waals surface area (Å²) in [6, 6.07) is 31.0. The molecule has 0 amide bonds. The summed E-state index contributed by atoms with van der Waals surface area (Å²) in [6.07, 6.45) is 0. The molecule has 0 aliphatic carbocycles. The Bertz CT molecular complexity index is 1070. The van der Waals surface area contributed by atoms with Crippen molar-refractivity contribution in [3.63, 3.8) is 0 Å². The average molecular weight is 368 g/mol. The van der Waals surface area contributed by atoms with E-state index in [2.05, 4.69) is 0 Å². The zero-order chi connectivity index (χ0) is 19.2. The van der Waals surface area contributed by atoms with E-state index in [9.17, 15) is 4.79 Å². The maximum absolute atomic E-state index is 12.7. The van der Waals surface area contributed by atoms with E-state index in [-0.39, 0.29) is 12.6 Å². The highest BCUT2D eigenvalue weighted by Crippen LogP contribution is 2.29. The van der Waals surface area contributed by atoms with Crippen LogP contribution in [0.5, 0.6) is 5.75 Å². The zero-order valence-corrected chi connectivity index (χ0v) is 15.4. The molecule has 3 heteroatoms. The number of ether oxygens (including phenoxy) is 2. The fraction of sp³-hybridized carbons (Fsp3) is 0.0800. The monoisotopic (exact) mass is 368 g/mol. The molecule has 0 fully saturated rings. The maximum Gasteiger partial charge on any atom is 0.339 e. The number of hydrogen-bond donors (Lipinski definition) is 0. The number of carbonyl (C=O) groups is 1. The van der Waals surface area contributed by atoms with E-state index in [0.717, 1.165) is 27.6 Å². The van der Waals surface area contributed by atoms with Gasteiger partial charge in [0, 0.05) is 5.39 Å². The minimum atomic E-state index is -0.338. The van der Waals surface area contributed by atoms with Gasteiger partial charge in [-0.2, -0.15) is 0 Å². The molecule has 0 unspecified atom stereocenters. The van der Waals surface area contributed by atoms with Gasteiger partial charge in [-0.1, -0.05) is 84.9 Å². The predicted molar refractivity (Wildman–Crippen MR) is 110 cm³/mol. The Labute approximate surface area is 164 Å². The van der Waals surface area contributed by atoms with Crippen molar-refractivity contribution in [1.29, 1.82) is 0 Å². The number of hydrogen-bond acceptors (Lipinski definition) is 3. The van der Waals surface area contributed by atoms with E-state index < -0.39 is 0 Å². The summed E-state index contributed by atoms with van der Waals surface area (Å²) in [5.74, 6) is 0.411. The van der Waals surface area contributed by atoms with Crippen LogP contribution in [0, 0.1) is 0 Å². The maximum atomic E-state index is 12.7. The summed E-state index contributed by atoms with van der Waals surface area (Å²) >= 11 is 0. The fourth-order valence-corrected chi connectivity index (χ4v) is 3.11. The number of carbonyl (C=O) groups excluding carboxylic acids is 1. The first-order chi connectivity index (χ1) is 13.8. The van der Waals surface area contributed by atoms with E-state index >= 15 is 0 Å². The lowest BCUT2D eigenvalue weighted by atomic mass is 10.0. The van der Waals surface area contributed by atoms with Crippen molar-refractivity contribution in [1.82, 2.24) is 0 Å². The SMILES string of the molecule is O=C(OCc1ccccc1)c1ccc(OCc2ccccc2)c2ccccc12. The lowest BCUT2D eigenvalue weighted by molar-refractivity contribution is 0.0475. The summed E-state index contributed by atoms with van der Waals surface area (Å²) in [5.41, 5.74) is 2.60. The Morgan fingerprint density at radius 3 is 1.86 bits per heavy atom. The first-order valence-electron chi connectivity index (χ1n) is 9.21. The van der Waals surface area contributed by atoms with Gasteiger partial charge in [0.05, 0.1) is 5.56 Å². The summed E-state index contributed by atoms with van der Waals surface area (Å²) in [7, 11) is 0. The summed E-state index contributed by atoms with van der Waals surface area (Å²) in [6.45, 7) is 0.725. The molecule has 0 N–H and O–H groups in total. The molecule has 28 heavy (non-hydrogen) atoms. The molecule has 138 valence electrons. The molecule has 0 aromatic heterocycles. The first kappa shape index (κ1) is 17.8. The lowest BCUT2D eigenvalue weighted by Crippen LogP contribution is -2.06. The third-order valence-corrected chi connectivity index (χ3v) is 4.55. The van der Waals surface area contributed by atoms with Gasteiger partial charge in [0.25, 0.3) is 0 Å². The molecule has 4 aromatic carbocycles. The minimum absolute atomic E-state index is 0.250. The van der Waals surface area contributed by atoms with Gasteiger partial charge in [-0.3, -0.25) is 0 Å². The second-order valence-corrected chi connectivity index (χ2v) is 6.49. The molecule has 0 aliphatic rings. The predicted octanol–water partition coefficient (Wildman–Crippen LogP) is 5.78. The van der Waals surface area contributed by atoms with Crippen molar-refractivity contribution < 1.29 is 14.3 Å². The zero-order valence-electron chi connectivity index (χ0n) is 15.4. The molecular formula is C25H20O3. The van der Waals surface area contributed by atoms with E-state index in [1.54, 1.807) is 6.07 Å². The normalized spacial score (nSPS) is 10.6. The van der Waals surface area contributed by atoms with Crippen molar-refractivity contribution >= 4 is 16.7 Å². The average Bonchev–Trinajstić information content (AvgIpc) is 2.77. The molecule has 0 heterocycles. The van der Waals surface area contributed by atoms with Gasteiger partial charge < -0.3 is 9.47 Å². The highest BCUT2D eigenvalue weighted by Gasteiger charge is 2.14. The Balaban J connectivity index is 1.55. The van der Waals surface area contributed by atoms with E-state index in [4.69, 9.17) is 9.47 Å². The Morgan fingerprint density at radius 2 is 1.18 bits per heavy atom. The highest BCUT2D eigenvalue weighted by molar-refractivity contribution is 6.06. The second-order valence-electron chi connectivity index (χ2n) is 6.49. The van der Waals surface area contributed by atoms with Crippen LogP contribution >= 0.6 is 0 Å². The molecular weight excluding hydrogens is 348 g/mol. The third kappa shape index (κ3) is 4.04. The molecule has 0 aliphatic heterocycles. The van der Waals surface area contributed by atoms with Crippen LogP contribution in [-0.4, -0.2) is 5.97 Å². The standard InChI is InChI=1S/C25H20O3/c26-25(28-18-20-11-5-2-6-12-20)23-15-16-24(22-14-8-7-13-21(22)23)27-17-19-9-3-1-4-10-19/h1-16H,17-18H2. The molecule has 4 aromatic rings. The molecule has 3 nitrogen and oxygen atoms in total. The molecule has 4 rings (SSSR count). The van der Waals surface area contributed by atoms with Gasteiger partial charge >= 0.3 is 5.97 Å². The summed E-state index contributed by atoms with van der Waals surface area (Å²) < 4.78 is 11.5. The van der Waals surface area contributed by atoms with Gasteiger partial charge in [0.1, 0.15) is 19.0 Å². The Kier molecular flexibility index (Phi) is 5.34. The lowest BCUT2D eigenvalue weighted by Gasteiger charge is -2.12. The van der Waals surface area contributed by atoms with E-state index in [0.29, 0.717) is 12.2 Å². The van der Waals surface area contributed by atoms with Crippen molar-refractivity contribution in [2.45, 2.75) is 13.2 Å². The topological polar surface area (TPSA) is 35.5 Å². The molecule has 0 atom stereocenters. The largest absolute Gasteiger partial charge is 0.488 e. The van der Waals surface area contributed by atoms with Gasteiger partial charge in [0.2, 0.25) is 0 Å². The molecule has 0 saturated carbocycles. The first-order valence-corrected chi connectivity index (χ1v) is 9.21. The van der Waals surface area contributed by atoms with E-state index in [1.807, 2.05) is 91.0 Å². The van der Waals surface area contributed by atoms with Crippen molar-refractivity contribution in [3.05, 3.63) is 114 Å². The van der Waals surface area contributed by atoms with Crippen LogP contribution in [0.1, 0.15) is 21.5 Å². The van der Waals surface area contributed by atoms with Gasteiger partial charge in [-0.15, -0.1) is 0 Å². The summed E-state index contributed by atoms with van der Waals surface area (Å²) in [4.78, 5) is 12.7. The fourth-order valence-electron chi connectivity index (χ4n) is 3.11. The second kappa shape index (κ2) is 8.40. The van der Waals surface area contributed by atoms with Crippen LogP contribution in [-0.2, 0) is 18.0 Å². The van der Waals surface area contributed by atoms with Crippen LogP contribution in [0.15, 0.2) is 97.1 Å². The van der Waals surface area contributed by atoms with Crippen LogP contribution in [0.3, 0.4) is 0 Å². The van der Waals surface area contributed by atoms with Crippen LogP contribution in [0.4, 0.5) is 0 Å². The highest BCUT2D eigenvalue weighted by atomic mass is 16.5. The quantitative estimate of drug-likeness (QED) is 0.405. The van der Waals surface area contributed by atoms with Gasteiger partial charge in [0.15, 0.2) is 0 Å². The Hall–Kier alpha value is -3.59. The number of fused-ring (bicyclic) bond motifs is 1. The molecule has 0 spiro atoms. The number of benzene rings is 4. The Morgan fingerprint density at radius 1 is 0.607 bits per heavy atom. The van der Waals surface area contributed by atoms with Crippen molar-refractivity contribution in [2.24, 2.45) is 0 Å². The minimum Gasteiger partial charge on any atom is -0.488 e. The smallest absolute Gasteiger partial charge is 0.339 e. The molecule has 0 bridgehead atoms. The van der Waals surface area contributed by atoms with Gasteiger partial charge in [-0.25, -0.2) is 4.79 Å². The van der Waals surface area contributed by atoms with E-state index in [1.165, 1.54) is 0 Å². The van der Waals surface area contributed by atoms with Crippen LogP contribution in [0.2, 0.25) is 0 Å².